The Hall–Kier alpha value is -4.13. The van der Waals surface area contributed by atoms with E-state index in [1.54, 1.807) is 27.4 Å². The minimum absolute atomic E-state index is 0.167. The van der Waals surface area contributed by atoms with Crippen LogP contribution in [0.4, 0.5) is 0 Å². The first-order valence-corrected chi connectivity index (χ1v) is 10.8. The lowest BCUT2D eigenvalue weighted by Gasteiger charge is -2.14. The van der Waals surface area contributed by atoms with Gasteiger partial charge in [-0.05, 0) is 62.2 Å². The molecule has 2 aromatic carbocycles. The maximum Gasteiger partial charge on any atom is 0.336 e. The minimum atomic E-state index is -0.467. The first kappa shape index (κ1) is 20.8. The molecule has 0 radical (unpaired) electrons. The van der Waals surface area contributed by atoms with Crippen molar-refractivity contribution in [1.29, 1.82) is 0 Å². The number of benzene rings is 2. The molecule has 7 heteroatoms. The first-order valence-electron chi connectivity index (χ1n) is 10.8. The van der Waals surface area contributed by atoms with Gasteiger partial charge < -0.3 is 9.15 Å². The highest BCUT2D eigenvalue weighted by molar-refractivity contribution is 5.85. The smallest absolute Gasteiger partial charge is 0.336 e. The number of fused-ring (bicyclic) bond motifs is 2. The monoisotopic (exact) mass is 441 g/mol. The number of rotatable bonds is 5. The number of aryl methyl sites for hydroxylation is 2. The largest absolute Gasteiger partial charge is 0.494 e. The summed E-state index contributed by atoms with van der Waals surface area (Å²) < 4.78 is 14.5. The predicted octanol–water partition coefficient (Wildman–Crippen LogP) is 4.36. The van der Waals surface area contributed by atoms with Gasteiger partial charge in [-0.3, -0.25) is 9.36 Å². The molecule has 0 aliphatic heterocycles. The van der Waals surface area contributed by atoms with Crippen molar-refractivity contribution in [2.75, 3.05) is 6.61 Å². The van der Waals surface area contributed by atoms with Gasteiger partial charge in [0.05, 0.1) is 24.5 Å². The molecule has 0 aliphatic carbocycles. The lowest BCUT2D eigenvalue weighted by Crippen LogP contribution is -2.23. The average molecular weight is 441 g/mol. The van der Waals surface area contributed by atoms with Crippen molar-refractivity contribution in [2.24, 2.45) is 0 Å². The van der Waals surface area contributed by atoms with Crippen LogP contribution in [0.15, 0.2) is 74.7 Å². The van der Waals surface area contributed by atoms with E-state index in [0.29, 0.717) is 29.2 Å². The molecule has 7 nitrogen and oxygen atoms in total. The van der Waals surface area contributed by atoms with Crippen molar-refractivity contribution in [3.63, 3.8) is 0 Å². The highest BCUT2D eigenvalue weighted by atomic mass is 16.5. The molecule has 0 amide bonds. The zero-order valence-corrected chi connectivity index (χ0v) is 18.7. The molecule has 5 rings (SSSR count). The summed E-state index contributed by atoms with van der Waals surface area (Å²) in [5.74, 6) is 0.673. The number of hydrogen-bond donors (Lipinski definition) is 0. The molecule has 0 spiro atoms. The van der Waals surface area contributed by atoms with Gasteiger partial charge in [0.15, 0.2) is 0 Å². The Morgan fingerprint density at radius 1 is 1.00 bits per heavy atom. The summed E-state index contributed by atoms with van der Waals surface area (Å²) in [6.07, 6.45) is 0. The molecule has 0 saturated heterocycles. The third-order valence-electron chi connectivity index (χ3n) is 5.73. The van der Waals surface area contributed by atoms with Crippen LogP contribution in [0.1, 0.15) is 23.7 Å². The highest BCUT2D eigenvalue weighted by Crippen LogP contribution is 2.27. The predicted molar refractivity (Wildman–Crippen MR) is 128 cm³/mol. The standard InChI is InChI=1S/C26H23N3O4/c1-4-32-20-10-11-22-21(14-20)18(13-24(31)33-22)15-28-23(30)12-16(2)25-17(3)27-29(26(25)28)19-8-6-5-7-9-19/h5-14H,4,15H2,1-3H3. The van der Waals surface area contributed by atoms with Crippen molar-refractivity contribution < 1.29 is 9.15 Å². The Morgan fingerprint density at radius 3 is 2.55 bits per heavy atom. The minimum Gasteiger partial charge on any atom is -0.494 e. The normalized spacial score (nSPS) is 11.4. The summed E-state index contributed by atoms with van der Waals surface area (Å²) in [5.41, 5.74) is 3.72. The molecule has 0 atom stereocenters. The number of nitrogens with zero attached hydrogens (tertiary/aromatic N) is 3. The van der Waals surface area contributed by atoms with E-state index in [0.717, 1.165) is 27.7 Å². The van der Waals surface area contributed by atoms with Gasteiger partial charge in [-0.2, -0.15) is 5.10 Å². The van der Waals surface area contributed by atoms with Crippen molar-refractivity contribution in [1.82, 2.24) is 14.3 Å². The van der Waals surface area contributed by atoms with Gasteiger partial charge in [-0.1, -0.05) is 18.2 Å². The third-order valence-corrected chi connectivity index (χ3v) is 5.73. The van der Waals surface area contributed by atoms with E-state index in [1.807, 2.05) is 57.2 Å². The number of ether oxygens (including phenoxy) is 1. The lowest BCUT2D eigenvalue weighted by atomic mass is 10.1. The molecule has 0 saturated carbocycles. The van der Waals surface area contributed by atoms with E-state index in [9.17, 15) is 9.59 Å². The Bertz CT molecular complexity index is 1610. The van der Waals surface area contributed by atoms with Crippen LogP contribution in [0, 0.1) is 13.8 Å². The van der Waals surface area contributed by atoms with Crippen LogP contribution in [0.2, 0.25) is 0 Å². The molecule has 0 aliphatic rings. The summed E-state index contributed by atoms with van der Waals surface area (Å²) >= 11 is 0. The summed E-state index contributed by atoms with van der Waals surface area (Å²) in [6.45, 7) is 6.46. The van der Waals surface area contributed by atoms with Crippen molar-refractivity contribution >= 4 is 22.0 Å². The Balaban J connectivity index is 1.78. The van der Waals surface area contributed by atoms with Gasteiger partial charge in [0, 0.05) is 22.9 Å². The fourth-order valence-corrected chi connectivity index (χ4v) is 4.33. The SMILES string of the molecule is CCOc1ccc2oc(=O)cc(Cn3c(=O)cc(C)c4c(C)nn(-c5ccccc5)c43)c2c1. The summed E-state index contributed by atoms with van der Waals surface area (Å²) in [5, 5.41) is 6.38. The average Bonchev–Trinajstić information content (AvgIpc) is 3.15. The topological polar surface area (TPSA) is 79.3 Å². The van der Waals surface area contributed by atoms with E-state index < -0.39 is 5.63 Å². The molecule has 33 heavy (non-hydrogen) atoms. The maximum absolute atomic E-state index is 13.2. The lowest BCUT2D eigenvalue weighted by molar-refractivity contribution is 0.340. The molecular formula is C26H23N3O4. The van der Waals surface area contributed by atoms with Crippen LogP contribution in [0.25, 0.3) is 27.7 Å². The molecule has 0 N–H and O–H groups in total. The van der Waals surface area contributed by atoms with Gasteiger partial charge in [0.2, 0.25) is 0 Å². The Kier molecular flexibility index (Phi) is 5.09. The second-order valence-corrected chi connectivity index (χ2v) is 7.96. The summed E-state index contributed by atoms with van der Waals surface area (Å²) in [6, 6.07) is 18.1. The fourth-order valence-electron chi connectivity index (χ4n) is 4.33. The van der Waals surface area contributed by atoms with E-state index in [-0.39, 0.29) is 12.1 Å². The van der Waals surface area contributed by atoms with Crippen LogP contribution < -0.4 is 15.9 Å². The van der Waals surface area contributed by atoms with Gasteiger partial charge in [0.1, 0.15) is 17.0 Å². The van der Waals surface area contributed by atoms with E-state index in [4.69, 9.17) is 14.3 Å². The second-order valence-electron chi connectivity index (χ2n) is 7.96. The molecule has 3 aromatic heterocycles. The van der Waals surface area contributed by atoms with Gasteiger partial charge in [-0.25, -0.2) is 9.48 Å². The van der Waals surface area contributed by atoms with E-state index in [1.165, 1.54) is 6.07 Å². The van der Waals surface area contributed by atoms with Crippen molar-refractivity contribution in [3.05, 3.63) is 98.3 Å². The van der Waals surface area contributed by atoms with Gasteiger partial charge in [-0.15, -0.1) is 0 Å². The van der Waals surface area contributed by atoms with Crippen LogP contribution in [-0.4, -0.2) is 21.0 Å². The molecule has 5 aromatic rings. The number of para-hydroxylation sites is 1. The van der Waals surface area contributed by atoms with E-state index >= 15 is 0 Å². The Labute approximate surface area is 189 Å². The van der Waals surface area contributed by atoms with Crippen molar-refractivity contribution in [3.8, 4) is 11.4 Å². The maximum atomic E-state index is 13.2. The highest BCUT2D eigenvalue weighted by Gasteiger charge is 2.18. The van der Waals surface area contributed by atoms with Crippen LogP contribution in [-0.2, 0) is 6.54 Å². The van der Waals surface area contributed by atoms with Crippen LogP contribution in [0.3, 0.4) is 0 Å². The second kappa shape index (κ2) is 8.09. The van der Waals surface area contributed by atoms with Crippen LogP contribution >= 0.6 is 0 Å². The number of aromatic nitrogens is 3. The molecule has 3 heterocycles. The number of hydrogen-bond acceptors (Lipinski definition) is 5. The summed E-state index contributed by atoms with van der Waals surface area (Å²) in [4.78, 5) is 25.5. The molecular weight excluding hydrogens is 418 g/mol. The first-order chi connectivity index (χ1) is 16.0. The number of pyridine rings is 1. The van der Waals surface area contributed by atoms with Gasteiger partial charge in [0.25, 0.3) is 5.56 Å². The van der Waals surface area contributed by atoms with E-state index in [2.05, 4.69) is 0 Å². The van der Waals surface area contributed by atoms with Crippen molar-refractivity contribution in [2.45, 2.75) is 27.3 Å². The fraction of sp³-hybridized carbons (Fsp3) is 0.192. The molecule has 0 bridgehead atoms. The molecule has 166 valence electrons. The third kappa shape index (κ3) is 3.61. The van der Waals surface area contributed by atoms with Gasteiger partial charge >= 0.3 is 5.63 Å². The molecule has 0 fully saturated rings. The Morgan fingerprint density at radius 2 is 1.79 bits per heavy atom. The molecule has 0 unspecified atom stereocenters. The zero-order valence-electron chi connectivity index (χ0n) is 18.7. The summed E-state index contributed by atoms with van der Waals surface area (Å²) in [7, 11) is 0. The quantitative estimate of drug-likeness (QED) is 0.379. The van der Waals surface area contributed by atoms with Crippen LogP contribution in [0.5, 0.6) is 5.75 Å². The zero-order chi connectivity index (χ0) is 23.1.